The molecule has 0 aromatic heterocycles. The molecule has 1 amide bonds. The summed E-state index contributed by atoms with van der Waals surface area (Å²) in [6.45, 7) is 7.04. The van der Waals surface area contributed by atoms with E-state index in [2.05, 4.69) is 5.92 Å². The lowest BCUT2D eigenvalue weighted by atomic mass is 9.79. The van der Waals surface area contributed by atoms with Crippen molar-refractivity contribution in [1.82, 2.24) is 4.31 Å². The second kappa shape index (κ2) is 9.67. The van der Waals surface area contributed by atoms with Crippen LogP contribution in [0.25, 0.3) is 0 Å². The Bertz CT molecular complexity index is 825. The third-order valence-electron chi connectivity index (χ3n) is 5.28. The van der Waals surface area contributed by atoms with Crippen LogP contribution in [0.3, 0.4) is 0 Å². The second-order valence-corrected chi connectivity index (χ2v) is 10.7. The molecule has 1 aromatic carbocycles. The summed E-state index contributed by atoms with van der Waals surface area (Å²) >= 11 is 0. The van der Waals surface area contributed by atoms with Gasteiger partial charge in [0, 0.05) is 12.5 Å². The number of rotatable bonds is 6. The molecule has 6 heteroatoms. The van der Waals surface area contributed by atoms with E-state index < -0.39 is 21.7 Å². The summed E-state index contributed by atoms with van der Waals surface area (Å²) in [6, 6.07) is 6.46. The maximum absolute atomic E-state index is 13.2. The van der Waals surface area contributed by atoms with Crippen LogP contribution in [-0.4, -0.2) is 31.0 Å². The minimum absolute atomic E-state index is 0.0104. The fourth-order valence-electron chi connectivity index (χ4n) is 3.71. The average Bonchev–Trinajstić information content (AvgIpc) is 2.64. The quantitative estimate of drug-likeness (QED) is 0.599. The Morgan fingerprint density at radius 1 is 1.21 bits per heavy atom. The third-order valence-corrected chi connectivity index (χ3v) is 7.06. The number of carbonyl (C=O) groups is 1. The van der Waals surface area contributed by atoms with E-state index in [1.165, 1.54) is 18.6 Å². The van der Waals surface area contributed by atoms with E-state index in [0.717, 1.165) is 35.6 Å². The van der Waals surface area contributed by atoms with Gasteiger partial charge in [0.05, 0.1) is 4.90 Å². The van der Waals surface area contributed by atoms with E-state index in [1.54, 1.807) is 32.9 Å². The van der Waals surface area contributed by atoms with Crippen LogP contribution >= 0.6 is 0 Å². The Morgan fingerprint density at radius 2 is 1.79 bits per heavy atom. The van der Waals surface area contributed by atoms with Crippen LogP contribution in [0.5, 0.6) is 0 Å². The molecule has 29 heavy (non-hydrogen) atoms. The van der Waals surface area contributed by atoms with E-state index in [1.807, 2.05) is 6.92 Å². The smallest absolute Gasteiger partial charge is 0.424 e. The van der Waals surface area contributed by atoms with Crippen LogP contribution in [0.4, 0.5) is 4.79 Å². The van der Waals surface area contributed by atoms with E-state index in [9.17, 15) is 13.2 Å². The minimum atomic E-state index is -4.03. The Balaban J connectivity index is 2.25. The molecule has 1 saturated carbocycles. The normalized spacial score (nSPS) is 16.7. The van der Waals surface area contributed by atoms with Crippen molar-refractivity contribution in [3.8, 4) is 12.3 Å². The lowest BCUT2D eigenvalue weighted by Crippen LogP contribution is -2.42. The molecule has 0 saturated heterocycles. The van der Waals surface area contributed by atoms with Crippen LogP contribution in [0.15, 0.2) is 29.2 Å². The highest BCUT2D eigenvalue weighted by Crippen LogP contribution is 2.32. The molecule has 0 bridgehead atoms. The Kier molecular flexibility index (Phi) is 7.76. The Labute approximate surface area is 175 Å². The molecule has 1 atom stereocenters. The van der Waals surface area contributed by atoms with Crippen LogP contribution < -0.4 is 0 Å². The summed E-state index contributed by atoms with van der Waals surface area (Å²) < 4.78 is 32.7. The molecule has 1 fully saturated rings. The lowest BCUT2D eigenvalue weighted by molar-refractivity contribution is 0.0383. The maximum atomic E-state index is 13.2. The van der Waals surface area contributed by atoms with Gasteiger partial charge in [0.2, 0.25) is 0 Å². The Hall–Kier alpha value is -2.00. The maximum Gasteiger partial charge on any atom is 0.424 e. The molecule has 1 aromatic rings. The van der Waals surface area contributed by atoms with Gasteiger partial charge >= 0.3 is 6.09 Å². The van der Waals surface area contributed by atoms with Gasteiger partial charge in [0.15, 0.2) is 0 Å². The van der Waals surface area contributed by atoms with Crippen molar-refractivity contribution < 1.29 is 17.9 Å². The molecule has 1 aliphatic carbocycles. The number of ether oxygens (including phenoxy) is 1. The van der Waals surface area contributed by atoms with Crippen molar-refractivity contribution >= 4 is 16.1 Å². The average molecular weight is 420 g/mol. The molecule has 5 nitrogen and oxygen atoms in total. The third kappa shape index (κ3) is 6.50. The SMILES string of the molecule is C#CC(CCN(C(=O)OC(C)(C)C)S(=O)(=O)c1ccc(C)cc1)C1CCCCC1. The fourth-order valence-corrected chi connectivity index (χ4v) is 5.02. The van der Waals surface area contributed by atoms with Crippen molar-refractivity contribution in [3.05, 3.63) is 29.8 Å². The molecule has 0 radical (unpaired) electrons. The van der Waals surface area contributed by atoms with E-state index in [4.69, 9.17) is 11.2 Å². The fraction of sp³-hybridized carbons (Fsp3) is 0.609. The second-order valence-electron chi connectivity index (χ2n) is 8.83. The van der Waals surface area contributed by atoms with Crippen LogP contribution in [0.2, 0.25) is 0 Å². The summed E-state index contributed by atoms with van der Waals surface area (Å²) in [5.74, 6) is 3.18. The summed E-state index contributed by atoms with van der Waals surface area (Å²) in [7, 11) is -4.03. The zero-order valence-electron chi connectivity index (χ0n) is 18.0. The molecule has 2 rings (SSSR count). The first-order valence-electron chi connectivity index (χ1n) is 10.3. The van der Waals surface area contributed by atoms with Gasteiger partial charge in [-0.2, -0.15) is 0 Å². The number of nitrogens with zero attached hydrogens (tertiary/aromatic N) is 1. The van der Waals surface area contributed by atoms with E-state index in [0.29, 0.717) is 12.3 Å². The number of carbonyl (C=O) groups excluding carboxylic acids is 1. The predicted octanol–water partition coefficient (Wildman–Crippen LogP) is 5.14. The number of aryl methyl sites for hydroxylation is 1. The topological polar surface area (TPSA) is 63.7 Å². The van der Waals surface area contributed by atoms with Crippen LogP contribution in [0.1, 0.15) is 64.9 Å². The Morgan fingerprint density at radius 3 is 2.31 bits per heavy atom. The number of hydrogen-bond donors (Lipinski definition) is 0. The van der Waals surface area contributed by atoms with Gasteiger partial charge in [-0.3, -0.25) is 0 Å². The molecule has 0 N–H and O–H groups in total. The van der Waals surface area contributed by atoms with E-state index in [-0.39, 0.29) is 17.4 Å². The number of terminal acetylenes is 1. The summed E-state index contributed by atoms with van der Waals surface area (Å²) in [6.07, 6.45) is 11.0. The monoisotopic (exact) mass is 419 g/mol. The van der Waals surface area contributed by atoms with Crippen molar-refractivity contribution in [2.75, 3.05) is 6.54 Å². The minimum Gasteiger partial charge on any atom is -0.443 e. The van der Waals surface area contributed by atoms with Crippen LogP contribution in [0, 0.1) is 31.1 Å². The van der Waals surface area contributed by atoms with Gasteiger partial charge in [-0.05, 0) is 65.0 Å². The molecule has 1 aliphatic rings. The van der Waals surface area contributed by atoms with E-state index >= 15 is 0 Å². The molecule has 0 aliphatic heterocycles. The number of benzene rings is 1. The van der Waals surface area contributed by atoms with Gasteiger partial charge in [-0.15, -0.1) is 12.3 Å². The van der Waals surface area contributed by atoms with Crippen molar-refractivity contribution in [1.29, 1.82) is 0 Å². The van der Waals surface area contributed by atoms with Crippen molar-refractivity contribution in [2.24, 2.45) is 11.8 Å². The van der Waals surface area contributed by atoms with Gasteiger partial charge < -0.3 is 4.74 Å². The van der Waals surface area contributed by atoms with Crippen LogP contribution in [-0.2, 0) is 14.8 Å². The first-order chi connectivity index (χ1) is 13.5. The standard InChI is InChI=1S/C23H33NO4S/c1-6-19(20-10-8-7-9-11-20)16-17-24(22(25)28-23(3,4)5)29(26,27)21-14-12-18(2)13-15-21/h1,12-15,19-20H,7-11,16-17H2,2-5H3. The summed E-state index contributed by atoms with van der Waals surface area (Å²) in [4.78, 5) is 12.9. The highest BCUT2D eigenvalue weighted by atomic mass is 32.2. The largest absolute Gasteiger partial charge is 0.443 e. The van der Waals surface area contributed by atoms with Gasteiger partial charge in [-0.25, -0.2) is 17.5 Å². The molecule has 160 valence electrons. The zero-order chi connectivity index (χ0) is 21.7. The molecule has 0 heterocycles. The summed E-state index contributed by atoms with van der Waals surface area (Å²) in [5, 5.41) is 0. The van der Waals surface area contributed by atoms with Crippen molar-refractivity contribution in [3.63, 3.8) is 0 Å². The molecule has 1 unspecified atom stereocenters. The number of hydrogen-bond acceptors (Lipinski definition) is 4. The predicted molar refractivity (Wildman–Crippen MR) is 115 cm³/mol. The van der Waals surface area contributed by atoms with Gasteiger partial charge in [0.25, 0.3) is 10.0 Å². The summed E-state index contributed by atoms with van der Waals surface area (Å²) in [5.41, 5.74) is 0.144. The van der Waals surface area contributed by atoms with Gasteiger partial charge in [-0.1, -0.05) is 37.0 Å². The number of amides is 1. The number of sulfonamides is 1. The highest BCUT2D eigenvalue weighted by Gasteiger charge is 2.34. The van der Waals surface area contributed by atoms with Gasteiger partial charge in [0.1, 0.15) is 5.60 Å². The first kappa shape index (κ1) is 23.3. The first-order valence-corrected chi connectivity index (χ1v) is 11.8. The molecular formula is C23H33NO4S. The highest BCUT2D eigenvalue weighted by molar-refractivity contribution is 7.89. The lowest BCUT2D eigenvalue weighted by Gasteiger charge is -2.30. The zero-order valence-corrected chi connectivity index (χ0v) is 18.8. The molecular weight excluding hydrogens is 386 g/mol. The molecule has 0 spiro atoms. The van der Waals surface area contributed by atoms with Crippen molar-refractivity contribution in [2.45, 2.75) is 76.7 Å².